The molecule has 1 aromatic carbocycles. The van der Waals surface area contributed by atoms with Gasteiger partial charge in [0.15, 0.2) is 0 Å². The van der Waals surface area contributed by atoms with Crippen molar-refractivity contribution in [1.82, 2.24) is 30.9 Å². The maximum atomic E-state index is 13.6. The Kier molecular flexibility index (Phi) is 10.6. The first-order chi connectivity index (χ1) is 19.5. The van der Waals surface area contributed by atoms with Gasteiger partial charge in [0.05, 0.1) is 18.8 Å². The van der Waals surface area contributed by atoms with Crippen LogP contribution in [0.25, 0.3) is 10.9 Å². The number of aliphatic carboxylic acids is 1. The lowest BCUT2D eigenvalue weighted by molar-refractivity contribution is -0.144. The fourth-order valence-corrected chi connectivity index (χ4v) is 4.35. The average Bonchev–Trinajstić information content (AvgIpc) is 3.60. The molecule has 0 aliphatic carbocycles. The minimum absolute atomic E-state index is 0.0760. The van der Waals surface area contributed by atoms with Crippen molar-refractivity contribution in [1.29, 1.82) is 0 Å². The number of amides is 4. The Morgan fingerprint density at radius 3 is 2.32 bits per heavy atom. The number of aromatic nitrogens is 3. The molecule has 0 spiro atoms. The number of nitrogens with zero attached hydrogens (tertiary/aromatic N) is 1. The maximum Gasteiger partial charge on any atom is 0.326 e. The Balaban J connectivity index is 1.84. The van der Waals surface area contributed by atoms with Crippen LogP contribution < -0.4 is 27.4 Å². The minimum Gasteiger partial charge on any atom is -0.480 e. The van der Waals surface area contributed by atoms with Crippen LogP contribution in [-0.4, -0.2) is 73.8 Å². The predicted octanol–water partition coefficient (Wildman–Crippen LogP) is -0.536. The van der Waals surface area contributed by atoms with E-state index in [9.17, 15) is 29.1 Å². The van der Waals surface area contributed by atoms with Crippen LogP contribution in [0, 0.1) is 5.92 Å². The van der Waals surface area contributed by atoms with Crippen LogP contribution in [0.1, 0.15) is 37.9 Å². The van der Waals surface area contributed by atoms with E-state index < -0.39 is 66.1 Å². The summed E-state index contributed by atoms with van der Waals surface area (Å²) in [5.41, 5.74) is 13.5. The molecular formula is C27H36N8O6. The number of carbonyl (C=O) groups excluding carboxylic acids is 4. The summed E-state index contributed by atoms with van der Waals surface area (Å²) in [6.07, 6.45) is 4.82. The van der Waals surface area contributed by atoms with Crippen molar-refractivity contribution in [3.63, 3.8) is 0 Å². The molecule has 3 aromatic rings. The number of H-pyrrole nitrogens is 2. The Bertz CT molecular complexity index is 1370. The summed E-state index contributed by atoms with van der Waals surface area (Å²) in [6, 6.07) is 2.61. The molecule has 5 unspecified atom stereocenters. The Morgan fingerprint density at radius 2 is 1.68 bits per heavy atom. The number of aromatic amines is 2. The van der Waals surface area contributed by atoms with Crippen LogP contribution in [0.15, 0.2) is 43.0 Å². The molecule has 0 radical (unpaired) electrons. The lowest BCUT2D eigenvalue weighted by Crippen LogP contribution is -2.59. The number of nitrogens with two attached hydrogens (primary N) is 2. The normalized spacial score (nSPS) is 14.8. The van der Waals surface area contributed by atoms with Gasteiger partial charge in [-0.1, -0.05) is 38.5 Å². The van der Waals surface area contributed by atoms with E-state index in [1.165, 1.54) is 6.33 Å². The van der Waals surface area contributed by atoms with Gasteiger partial charge in [0.1, 0.15) is 18.1 Å². The predicted molar refractivity (Wildman–Crippen MR) is 149 cm³/mol. The molecule has 0 fully saturated rings. The first-order valence-electron chi connectivity index (χ1n) is 13.2. The summed E-state index contributed by atoms with van der Waals surface area (Å²) in [4.78, 5) is 72.6. The summed E-state index contributed by atoms with van der Waals surface area (Å²) < 4.78 is 0. The van der Waals surface area contributed by atoms with Crippen molar-refractivity contribution >= 4 is 40.5 Å². The van der Waals surface area contributed by atoms with E-state index in [-0.39, 0.29) is 12.8 Å². The zero-order valence-corrected chi connectivity index (χ0v) is 22.8. The fraction of sp³-hybridized carbons (Fsp3) is 0.407. The van der Waals surface area contributed by atoms with E-state index >= 15 is 0 Å². The molecule has 0 aliphatic rings. The van der Waals surface area contributed by atoms with Crippen LogP contribution >= 0.6 is 0 Å². The average molecular weight is 569 g/mol. The van der Waals surface area contributed by atoms with Gasteiger partial charge in [-0.25, -0.2) is 9.78 Å². The molecule has 4 amide bonds. The number of imidazole rings is 1. The monoisotopic (exact) mass is 568 g/mol. The smallest absolute Gasteiger partial charge is 0.326 e. The van der Waals surface area contributed by atoms with Gasteiger partial charge in [-0.15, -0.1) is 0 Å². The van der Waals surface area contributed by atoms with Crippen LogP contribution in [0.2, 0.25) is 0 Å². The molecule has 41 heavy (non-hydrogen) atoms. The Morgan fingerprint density at radius 1 is 0.976 bits per heavy atom. The van der Waals surface area contributed by atoms with Gasteiger partial charge in [0, 0.05) is 41.8 Å². The molecule has 0 saturated heterocycles. The highest BCUT2D eigenvalue weighted by Crippen LogP contribution is 2.20. The zero-order valence-electron chi connectivity index (χ0n) is 22.8. The van der Waals surface area contributed by atoms with E-state index in [2.05, 4.69) is 30.9 Å². The van der Waals surface area contributed by atoms with Crippen molar-refractivity contribution in [3.8, 4) is 0 Å². The summed E-state index contributed by atoms with van der Waals surface area (Å²) in [5.74, 6) is -4.82. The second-order valence-electron chi connectivity index (χ2n) is 9.95. The standard InChI is InChI=1S/C27H36N8O6/c1-3-14(2)23(26(39)34-21(27(40)41)10-22(29)36)35-25(38)20(8-15-11-31-19-7-5-4-6-17(15)19)33-24(37)18(28)9-16-12-30-13-32-16/h4-7,11-14,18,20-21,23,31H,3,8-10,28H2,1-2H3,(H2,29,36)(H,30,32)(H,33,37)(H,34,39)(H,35,38)(H,40,41). The van der Waals surface area contributed by atoms with Gasteiger partial charge in [-0.2, -0.15) is 0 Å². The molecule has 0 bridgehead atoms. The molecule has 0 saturated carbocycles. The van der Waals surface area contributed by atoms with Crippen LogP contribution in [0.5, 0.6) is 0 Å². The zero-order chi connectivity index (χ0) is 30.1. The molecule has 10 N–H and O–H groups in total. The SMILES string of the molecule is CCC(C)C(NC(=O)C(Cc1c[nH]c2ccccc12)NC(=O)C(N)Cc1cnc[nH]1)C(=O)NC(CC(N)=O)C(=O)O. The first kappa shape index (κ1) is 30.8. The van der Waals surface area contributed by atoms with Crippen molar-refractivity contribution in [2.45, 2.75) is 63.7 Å². The number of primary amides is 1. The first-order valence-corrected chi connectivity index (χ1v) is 13.2. The molecule has 2 heterocycles. The van der Waals surface area contributed by atoms with E-state index in [0.717, 1.165) is 16.5 Å². The number of nitrogens with one attached hydrogen (secondary N) is 5. The molecule has 2 aromatic heterocycles. The summed E-state index contributed by atoms with van der Waals surface area (Å²) in [5, 5.41) is 17.9. The molecule has 220 valence electrons. The minimum atomic E-state index is -1.56. The third-order valence-electron chi connectivity index (χ3n) is 6.88. The largest absolute Gasteiger partial charge is 0.480 e. The lowest BCUT2D eigenvalue weighted by atomic mass is 9.96. The molecule has 14 nitrogen and oxygen atoms in total. The molecule has 3 rings (SSSR count). The molecule has 5 atom stereocenters. The molecular weight excluding hydrogens is 532 g/mol. The van der Waals surface area contributed by atoms with E-state index in [0.29, 0.717) is 12.1 Å². The van der Waals surface area contributed by atoms with Gasteiger partial charge < -0.3 is 42.5 Å². The van der Waals surface area contributed by atoms with Crippen molar-refractivity contribution in [2.75, 3.05) is 0 Å². The number of hydrogen-bond donors (Lipinski definition) is 8. The summed E-state index contributed by atoms with van der Waals surface area (Å²) >= 11 is 0. The summed E-state index contributed by atoms with van der Waals surface area (Å²) in [7, 11) is 0. The Labute approximate surface area is 236 Å². The van der Waals surface area contributed by atoms with Crippen molar-refractivity contribution in [3.05, 3.63) is 54.2 Å². The second-order valence-corrected chi connectivity index (χ2v) is 9.95. The topological polar surface area (TPSA) is 238 Å². The number of carboxylic acid groups (broad SMARTS) is 1. The number of para-hydroxylation sites is 1. The van der Waals surface area contributed by atoms with Gasteiger partial charge in [0.25, 0.3) is 0 Å². The highest BCUT2D eigenvalue weighted by Gasteiger charge is 2.33. The quantitative estimate of drug-likeness (QED) is 0.118. The van der Waals surface area contributed by atoms with Crippen LogP contribution in [0.3, 0.4) is 0 Å². The third-order valence-corrected chi connectivity index (χ3v) is 6.88. The van der Waals surface area contributed by atoms with E-state index in [1.54, 1.807) is 26.2 Å². The van der Waals surface area contributed by atoms with Gasteiger partial charge >= 0.3 is 5.97 Å². The number of carbonyl (C=O) groups is 5. The number of carboxylic acids is 1. The number of hydrogen-bond acceptors (Lipinski definition) is 7. The van der Waals surface area contributed by atoms with Crippen molar-refractivity contribution < 1.29 is 29.1 Å². The third kappa shape index (κ3) is 8.38. The van der Waals surface area contributed by atoms with Crippen LogP contribution in [-0.2, 0) is 36.8 Å². The summed E-state index contributed by atoms with van der Waals surface area (Å²) in [6.45, 7) is 3.51. The fourth-order valence-electron chi connectivity index (χ4n) is 4.35. The van der Waals surface area contributed by atoms with Crippen molar-refractivity contribution in [2.24, 2.45) is 17.4 Å². The Hall–Kier alpha value is -4.72. The number of benzene rings is 1. The maximum absolute atomic E-state index is 13.6. The molecule has 0 aliphatic heterocycles. The molecule has 14 heteroatoms. The van der Waals surface area contributed by atoms with E-state index in [4.69, 9.17) is 11.5 Å². The second kappa shape index (κ2) is 14.1. The number of fused-ring (bicyclic) bond motifs is 1. The van der Waals surface area contributed by atoms with E-state index in [1.807, 2.05) is 24.3 Å². The number of rotatable bonds is 15. The highest BCUT2D eigenvalue weighted by atomic mass is 16.4. The lowest BCUT2D eigenvalue weighted by Gasteiger charge is -2.28. The van der Waals surface area contributed by atoms with Gasteiger partial charge in [-0.3, -0.25) is 19.2 Å². The van der Waals surface area contributed by atoms with Gasteiger partial charge in [0.2, 0.25) is 23.6 Å². The highest BCUT2D eigenvalue weighted by molar-refractivity contribution is 5.95. The van der Waals surface area contributed by atoms with Crippen LogP contribution in [0.4, 0.5) is 0 Å². The van der Waals surface area contributed by atoms with Gasteiger partial charge in [-0.05, 0) is 17.5 Å².